The number of aryl methyl sites for hydroxylation is 1. The van der Waals surface area contributed by atoms with E-state index in [1.807, 2.05) is 7.05 Å². The van der Waals surface area contributed by atoms with E-state index >= 15 is 0 Å². The first-order chi connectivity index (χ1) is 9.95. The number of carbonyl (C=O) groups is 3. The van der Waals surface area contributed by atoms with Crippen LogP contribution < -0.4 is 0 Å². The highest BCUT2D eigenvalue weighted by atomic mass is 16.6. The lowest BCUT2D eigenvalue weighted by Crippen LogP contribution is -2.26. The molecular weight excluding hydrogens is 270 g/mol. The number of benzene rings is 1. The van der Waals surface area contributed by atoms with Crippen LogP contribution in [-0.2, 0) is 25.5 Å². The van der Waals surface area contributed by atoms with Crippen LogP contribution in [0, 0.1) is 0 Å². The maximum atomic E-state index is 10.7. The molecule has 0 N–H and O–H groups in total. The average Bonchev–Trinajstić information content (AvgIpc) is 2.45. The molecule has 1 aliphatic carbocycles. The van der Waals surface area contributed by atoms with Crippen LogP contribution in [0.2, 0.25) is 0 Å². The molecule has 0 unspecified atom stereocenters. The molecule has 2 rings (SSSR count). The van der Waals surface area contributed by atoms with Crippen molar-refractivity contribution in [3.63, 3.8) is 0 Å². The van der Waals surface area contributed by atoms with Gasteiger partial charge in [-0.1, -0.05) is 24.3 Å². The molecule has 0 spiro atoms. The lowest BCUT2D eigenvalue weighted by Gasteiger charge is -2.30. The highest BCUT2D eigenvalue weighted by molar-refractivity contribution is 5.82. The van der Waals surface area contributed by atoms with Crippen LogP contribution in [0.4, 0.5) is 0 Å². The molecule has 0 aliphatic heterocycles. The third-order valence-corrected chi connectivity index (χ3v) is 3.28. The van der Waals surface area contributed by atoms with E-state index in [4.69, 9.17) is 0 Å². The topological polar surface area (TPSA) is 63.7 Å². The van der Waals surface area contributed by atoms with Crippen molar-refractivity contribution in [2.24, 2.45) is 0 Å². The molecule has 0 radical (unpaired) electrons. The highest BCUT2D eigenvalue weighted by Gasteiger charge is 2.22. The molecule has 1 amide bonds. The summed E-state index contributed by atoms with van der Waals surface area (Å²) >= 11 is 0. The van der Waals surface area contributed by atoms with Gasteiger partial charge in [0.2, 0.25) is 6.41 Å². The molecule has 5 heteroatoms. The van der Waals surface area contributed by atoms with Crippen molar-refractivity contribution in [2.45, 2.75) is 39.2 Å². The zero-order valence-corrected chi connectivity index (χ0v) is 12.7. The molecular formula is C16H21NO4. The van der Waals surface area contributed by atoms with E-state index in [1.165, 1.54) is 31.4 Å². The summed E-state index contributed by atoms with van der Waals surface area (Å²) in [5, 5.41) is 0. The van der Waals surface area contributed by atoms with E-state index in [0.29, 0.717) is 0 Å². The van der Waals surface area contributed by atoms with Gasteiger partial charge in [-0.15, -0.1) is 0 Å². The van der Waals surface area contributed by atoms with E-state index in [-0.39, 0.29) is 6.04 Å². The standard InChI is InChI=1S/C12H15NO.C4H6O3/c1-13(9-14)12-8-4-6-10-5-2-3-7-11(10)12;1-3(5)7-4(2)6/h2-3,5,7,9,12H,4,6,8H2,1H3;1-2H3/t12-;/m1./s1. The molecule has 1 aromatic carbocycles. The Morgan fingerprint density at radius 2 is 1.86 bits per heavy atom. The SMILES string of the molecule is CC(=O)OC(C)=O.CN(C=O)[C@@H]1CCCc2ccccc21. The van der Waals surface area contributed by atoms with E-state index in [0.717, 1.165) is 19.3 Å². The fourth-order valence-electron chi connectivity index (χ4n) is 2.43. The van der Waals surface area contributed by atoms with E-state index in [9.17, 15) is 14.4 Å². The Labute approximate surface area is 124 Å². The summed E-state index contributed by atoms with van der Waals surface area (Å²) in [7, 11) is 1.86. The van der Waals surface area contributed by atoms with Crippen molar-refractivity contribution >= 4 is 18.3 Å². The summed E-state index contributed by atoms with van der Waals surface area (Å²) in [6.45, 7) is 2.36. The molecule has 5 nitrogen and oxygen atoms in total. The third-order valence-electron chi connectivity index (χ3n) is 3.28. The van der Waals surface area contributed by atoms with Crippen molar-refractivity contribution in [1.29, 1.82) is 0 Å². The maximum absolute atomic E-state index is 10.7. The highest BCUT2D eigenvalue weighted by Crippen LogP contribution is 2.32. The van der Waals surface area contributed by atoms with Crippen LogP contribution in [0.3, 0.4) is 0 Å². The molecule has 114 valence electrons. The molecule has 0 heterocycles. The second kappa shape index (κ2) is 8.19. The van der Waals surface area contributed by atoms with Gasteiger partial charge in [0, 0.05) is 20.9 Å². The van der Waals surface area contributed by atoms with Crippen molar-refractivity contribution in [2.75, 3.05) is 7.05 Å². The minimum atomic E-state index is -0.562. The fraction of sp³-hybridized carbons (Fsp3) is 0.438. The minimum absolute atomic E-state index is 0.289. The van der Waals surface area contributed by atoms with Gasteiger partial charge in [0.05, 0.1) is 6.04 Å². The molecule has 0 saturated carbocycles. The molecule has 1 aromatic rings. The Morgan fingerprint density at radius 3 is 2.38 bits per heavy atom. The van der Waals surface area contributed by atoms with Crippen LogP contribution in [0.25, 0.3) is 0 Å². The summed E-state index contributed by atoms with van der Waals surface area (Å²) in [6, 6.07) is 8.72. The number of fused-ring (bicyclic) bond motifs is 1. The summed E-state index contributed by atoms with van der Waals surface area (Å²) in [5.74, 6) is -1.12. The van der Waals surface area contributed by atoms with Crippen LogP contribution in [0.1, 0.15) is 43.9 Å². The Balaban J connectivity index is 0.000000270. The maximum Gasteiger partial charge on any atom is 0.310 e. The van der Waals surface area contributed by atoms with Crippen LogP contribution in [0.5, 0.6) is 0 Å². The molecule has 0 saturated heterocycles. The number of nitrogens with zero attached hydrogens (tertiary/aromatic N) is 1. The third kappa shape index (κ3) is 5.38. The van der Waals surface area contributed by atoms with Gasteiger partial charge in [-0.2, -0.15) is 0 Å². The van der Waals surface area contributed by atoms with Crippen molar-refractivity contribution < 1.29 is 19.1 Å². The van der Waals surface area contributed by atoms with Gasteiger partial charge in [-0.3, -0.25) is 14.4 Å². The number of ether oxygens (including phenoxy) is 1. The zero-order valence-electron chi connectivity index (χ0n) is 12.7. The summed E-state index contributed by atoms with van der Waals surface area (Å²) in [6.07, 6.45) is 4.35. The monoisotopic (exact) mass is 291 g/mol. The lowest BCUT2D eigenvalue weighted by molar-refractivity contribution is -0.156. The molecule has 1 aliphatic rings. The first-order valence-electron chi connectivity index (χ1n) is 6.89. The first kappa shape index (κ1) is 16.9. The Hall–Kier alpha value is -2.17. The smallest absolute Gasteiger partial charge is 0.310 e. The molecule has 1 atom stereocenters. The van der Waals surface area contributed by atoms with Crippen LogP contribution >= 0.6 is 0 Å². The summed E-state index contributed by atoms with van der Waals surface area (Å²) in [4.78, 5) is 32.1. The lowest BCUT2D eigenvalue weighted by atomic mass is 9.87. The average molecular weight is 291 g/mol. The number of rotatable bonds is 2. The van der Waals surface area contributed by atoms with Crippen LogP contribution in [-0.4, -0.2) is 30.3 Å². The van der Waals surface area contributed by atoms with Gasteiger partial charge >= 0.3 is 11.9 Å². The van der Waals surface area contributed by atoms with Gasteiger partial charge in [0.15, 0.2) is 0 Å². The number of hydrogen-bond acceptors (Lipinski definition) is 4. The van der Waals surface area contributed by atoms with Crippen molar-refractivity contribution in [1.82, 2.24) is 4.90 Å². The van der Waals surface area contributed by atoms with Gasteiger partial charge in [0.1, 0.15) is 0 Å². The van der Waals surface area contributed by atoms with E-state index < -0.39 is 11.9 Å². The zero-order chi connectivity index (χ0) is 15.8. The second-order valence-corrected chi connectivity index (χ2v) is 4.96. The number of amides is 1. The Bertz CT molecular complexity index is 501. The largest absolute Gasteiger partial charge is 0.394 e. The number of esters is 2. The van der Waals surface area contributed by atoms with Gasteiger partial charge < -0.3 is 9.64 Å². The predicted octanol–water partition coefficient (Wildman–Crippen LogP) is 2.25. The minimum Gasteiger partial charge on any atom is -0.394 e. The van der Waals surface area contributed by atoms with Gasteiger partial charge in [-0.05, 0) is 30.4 Å². The van der Waals surface area contributed by atoms with Crippen molar-refractivity contribution in [3.05, 3.63) is 35.4 Å². The number of carbonyl (C=O) groups excluding carboxylic acids is 3. The fourth-order valence-corrected chi connectivity index (χ4v) is 2.43. The predicted molar refractivity (Wildman–Crippen MR) is 78.4 cm³/mol. The summed E-state index contributed by atoms with van der Waals surface area (Å²) in [5.41, 5.74) is 2.73. The van der Waals surface area contributed by atoms with Gasteiger partial charge in [0.25, 0.3) is 0 Å². The Kier molecular flexibility index (Phi) is 6.59. The Morgan fingerprint density at radius 1 is 1.24 bits per heavy atom. The number of hydrogen-bond donors (Lipinski definition) is 0. The first-order valence-corrected chi connectivity index (χ1v) is 6.89. The van der Waals surface area contributed by atoms with E-state index in [1.54, 1.807) is 4.90 Å². The molecule has 0 bridgehead atoms. The van der Waals surface area contributed by atoms with Crippen LogP contribution in [0.15, 0.2) is 24.3 Å². The van der Waals surface area contributed by atoms with Gasteiger partial charge in [-0.25, -0.2) is 0 Å². The van der Waals surface area contributed by atoms with Crippen molar-refractivity contribution in [3.8, 4) is 0 Å². The molecule has 0 fully saturated rings. The quantitative estimate of drug-likeness (QED) is 0.476. The normalized spacial score (nSPS) is 15.9. The second-order valence-electron chi connectivity index (χ2n) is 4.96. The van der Waals surface area contributed by atoms with E-state index in [2.05, 4.69) is 29.0 Å². The molecule has 0 aromatic heterocycles. The summed E-state index contributed by atoms with van der Waals surface area (Å²) < 4.78 is 3.97. The molecule has 21 heavy (non-hydrogen) atoms.